The van der Waals surface area contributed by atoms with Crippen molar-refractivity contribution in [3.63, 3.8) is 0 Å². The van der Waals surface area contributed by atoms with Gasteiger partial charge in [-0.25, -0.2) is 4.39 Å². The van der Waals surface area contributed by atoms with Crippen LogP contribution in [0.25, 0.3) is 10.9 Å². The Morgan fingerprint density at radius 3 is 3.04 bits per heavy atom. The minimum absolute atomic E-state index is 0.0457. The second kappa shape index (κ2) is 6.09. The van der Waals surface area contributed by atoms with Crippen molar-refractivity contribution < 1.29 is 14.3 Å². The Labute approximate surface area is 137 Å². The highest BCUT2D eigenvalue weighted by Gasteiger charge is 2.32. The first-order valence-corrected chi connectivity index (χ1v) is 8.20. The van der Waals surface area contributed by atoms with Crippen LogP contribution >= 0.6 is 11.8 Å². The first kappa shape index (κ1) is 15.6. The molecule has 0 radical (unpaired) electrons. The van der Waals surface area contributed by atoms with Gasteiger partial charge in [0.1, 0.15) is 5.82 Å². The molecule has 4 nitrogen and oxygen atoms in total. The molecule has 1 aliphatic heterocycles. The van der Waals surface area contributed by atoms with E-state index in [0.717, 1.165) is 22.4 Å². The number of benzene rings is 1. The fourth-order valence-electron chi connectivity index (χ4n) is 3.25. The smallest absolute Gasteiger partial charge is 0.304 e. The van der Waals surface area contributed by atoms with Crippen molar-refractivity contribution in [2.24, 2.45) is 0 Å². The van der Waals surface area contributed by atoms with Gasteiger partial charge in [0.2, 0.25) is 0 Å². The summed E-state index contributed by atoms with van der Waals surface area (Å²) in [6.45, 7) is 2.54. The van der Waals surface area contributed by atoms with Gasteiger partial charge in [0, 0.05) is 28.4 Å². The average molecular weight is 330 g/mol. The molecule has 0 bridgehead atoms. The summed E-state index contributed by atoms with van der Waals surface area (Å²) in [5.41, 5.74) is 1.88. The van der Waals surface area contributed by atoms with Gasteiger partial charge in [0.05, 0.1) is 23.6 Å². The van der Waals surface area contributed by atoms with E-state index in [0.29, 0.717) is 17.6 Å². The maximum atomic E-state index is 13.8. The molecule has 1 N–H and O–H groups in total. The molecule has 23 heavy (non-hydrogen) atoms. The number of carboxylic acids is 1. The zero-order chi connectivity index (χ0) is 16.6. The van der Waals surface area contributed by atoms with Crippen LogP contribution in [0.5, 0.6) is 0 Å². The molecule has 0 amide bonds. The highest BCUT2D eigenvalue weighted by atomic mass is 32.2. The van der Waals surface area contributed by atoms with Gasteiger partial charge in [-0.3, -0.25) is 4.79 Å². The molecule has 2 aromatic rings. The molecule has 6 heteroatoms. The summed E-state index contributed by atoms with van der Waals surface area (Å²) in [5, 5.41) is 21.1. The summed E-state index contributed by atoms with van der Waals surface area (Å²) in [6, 6.07) is 4.74. The van der Waals surface area contributed by atoms with Gasteiger partial charge >= 0.3 is 5.97 Å². The van der Waals surface area contributed by atoms with Crippen LogP contribution in [0.1, 0.15) is 36.9 Å². The Morgan fingerprint density at radius 1 is 1.61 bits per heavy atom. The first-order valence-electron chi connectivity index (χ1n) is 7.32. The molecule has 1 atom stereocenters. The summed E-state index contributed by atoms with van der Waals surface area (Å²) < 4.78 is 15.8. The van der Waals surface area contributed by atoms with Crippen LogP contribution in [-0.4, -0.2) is 15.6 Å². The van der Waals surface area contributed by atoms with E-state index in [4.69, 9.17) is 5.11 Å². The number of thioether (sulfide) groups is 1. The molecule has 2 heterocycles. The number of nitrogens with zero attached hydrogens (tertiary/aromatic N) is 2. The molecule has 1 unspecified atom stereocenters. The molecule has 0 spiro atoms. The van der Waals surface area contributed by atoms with Crippen molar-refractivity contribution >= 4 is 28.6 Å². The molecule has 118 valence electrons. The molecule has 1 aromatic carbocycles. The van der Waals surface area contributed by atoms with Gasteiger partial charge in [0.25, 0.3) is 0 Å². The van der Waals surface area contributed by atoms with Crippen LogP contribution in [0.15, 0.2) is 28.5 Å². The van der Waals surface area contributed by atoms with Crippen LogP contribution in [0.3, 0.4) is 0 Å². The lowest BCUT2D eigenvalue weighted by Crippen LogP contribution is -2.04. The molecule has 0 saturated heterocycles. The monoisotopic (exact) mass is 330 g/mol. The number of nitriles is 1. The number of hydrogen-bond acceptors (Lipinski definition) is 3. The Morgan fingerprint density at radius 2 is 2.39 bits per heavy atom. The molecule has 1 aliphatic rings. The van der Waals surface area contributed by atoms with Crippen molar-refractivity contribution in [2.75, 3.05) is 0 Å². The lowest BCUT2D eigenvalue weighted by atomic mass is 9.99. The standard InChI is InChI=1S/C17H15FN2O2S/c1-2-5-23-17-15-11(9-19)6-12(18)8-13(15)20-4-3-10(16(17)20)7-14(21)22/h2,5-6,8,10H,3-4,7H2,1H3,(H,21,22)/b5-2+. The Hall–Kier alpha value is -2.26. The van der Waals surface area contributed by atoms with Crippen molar-refractivity contribution in [1.82, 2.24) is 4.57 Å². The summed E-state index contributed by atoms with van der Waals surface area (Å²) in [6.07, 6.45) is 2.65. The number of aliphatic carboxylic acids is 1. The fraction of sp³-hybridized carbons (Fsp3) is 0.294. The molecule has 0 fully saturated rings. The predicted molar refractivity (Wildman–Crippen MR) is 86.9 cm³/mol. The number of hydrogen-bond donors (Lipinski definition) is 1. The predicted octanol–water partition coefficient (Wildman–Crippen LogP) is 4.24. The minimum atomic E-state index is -0.845. The van der Waals surface area contributed by atoms with Crippen molar-refractivity contribution in [1.29, 1.82) is 5.26 Å². The average Bonchev–Trinajstić information content (AvgIpc) is 3.03. The summed E-state index contributed by atoms with van der Waals surface area (Å²) in [4.78, 5) is 12.0. The Bertz CT molecular complexity index is 864. The van der Waals surface area contributed by atoms with Crippen molar-refractivity contribution in [2.45, 2.75) is 37.1 Å². The molecule has 0 saturated carbocycles. The van der Waals surface area contributed by atoms with Crippen LogP contribution in [0.2, 0.25) is 0 Å². The summed E-state index contributed by atoms with van der Waals surface area (Å²) >= 11 is 1.46. The Kier molecular flexibility index (Phi) is 4.14. The number of rotatable bonds is 4. The molecular formula is C17H15FN2O2S. The molecule has 0 aliphatic carbocycles. The van der Waals surface area contributed by atoms with E-state index < -0.39 is 11.8 Å². The fourth-order valence-corrected chi connectivity index (χ4v) is 4.25. The number of carbonyl (C=O) groups is 1. The van der Waals surface area contributed by atoms with E-state index in [2.05, 4.69) is 6.07 Å². The van der Waals surface area contributed by atoms with E-state index in [1.807, 2.05) is 23.0 Å². The van der Waals surface area contributed by atoms with Gasteiger partial charge in [-0.2, -0.15) is 5.26 Å². The normalized spacial score (nSPS) is 16.8. The van der Waals surface area contributed by atoms with Crippen molar-refractivity contribution in [3.05, 3.63) is 40.7 Å². The molecular weight excluding hydrogens is 315 g/mol. The minimum Gasteiger partial charge on any atom is -0.481 e. The van der Waals surface area contributed by atoms with Crippen LogP contribution in [-0.2, 0) is 11.3 Å². The maximum absolute atomic E-state index is 13.8. The SMILES string of the molecule is C/C=C/Sc1c2n(c3cc(F)cc(C#N)c13)CCC2CC(=O)O. The van der Waals surface area contributed by atoms with E-state index in [1.54, 1.807) is 0 Å². The lowest BCUT2D eigenvalue weighted by Gasteiger charge is -2.09. The third kappa shape index (κ3) is 2.62. The van der Waals surface area contributed by atoms with Gasteiger partial charge in [-0.05, 0) is 30.9 Å². The summed E-state index contributed by atoms with van der Waals surface area (Å²) in [7, 11) is 0. The van der Waals surface area contributed by atoms with Gasteiger partial charge < -0.3 is 9.67 Å². The van der Waals surface area contributed by atoms with E-state index in [9.17, 15) is 14.4 Å². The number of aromatic nitrogens is 1. The third-order valence-electron chi connectivity index (χ3n) is 4.07. The van der Waals surface area contributed by atoms with Gasteiger partial charge in [-0.1, -0.05) is 17.8 Å². The van der Waals surface area contributed by atoms with Crippen LogP contribution in [0, 0.1) is 17.1 Å². The van der Waals surface area contributed by atoms with Gasteiger partial charge in [0.15, 0.2) is 0 Å². The summed E-state index contributed by atoms with van der Waals surface area (Å²) in [5.74, 6) is -1.40. The van der Waals surface area contributed by atoms with E-state index in [-0.39, 0.29) is 12.3 Å². The van der Waals surface area contributed by atoms with Crippen LogP contribution < -0.4 is 0 Å². The number of allylic oxidation sites excluding steroid dienone is 1. The molecule has 1 aromatic heterocycles. The number of halogens is 1. The largest absolute Gasteiger partial charge is 0.481 e. The second-order valence-electron chi connectivity index (χ2n) is 5.50. The van der Waals surface area contributed by atoms with Gasteiger partial charge in [-0.15, -0.1) is 0 Å². The number of carboxylic acid groups (broad SMARTS) is 1. The lowest BCUT2D eigenvalue weighted by molar-refractivity contribution is -0.137. The Balaban J connectivity index is 2.30. The van der Waals surface area contributed by atoms with Crippen LogP contribution in [0.4, 0.5) is 4.39 Å². The number of aryl methyl sites for hydroxylation is 1. The second-order valence-corrected chi connectivity index (χ2v) is 6.41. The topological polar surface area (TPSA) is 66.0 Å². The first-order chi connectivity index (χ1) is 11.1. The highest BCUT2D eigenvalue weighted by Crippen LogP contribution is 2.46. The number of fused-ring (bicyclic) bond motifs is 3. The quantitative estimate of drug-likeness (QED) is 0.852. The van der Waals surface area contributed by atoms with E-state index >= 15 is 0 Å². The zero-order valence-corrected chi connectivity index (χ0v) is 13.4. The molecule has 3 rings (SSSR count). The van der Waals surface area contributed by atoms with E-state index in [1.165, 1.54) is 23.9 Å². The maximum Gasteiger partial charge on any atom is 0.304 e. The van der Waals surface area contributed by atoms with Crippen molar-refractivity contribution in [3.8, 4) is 6.07 Å². The zero-order valence-electron chi connectivity index (χ0n) is 12.5. The third-order valence-corrected chi connectivity index (χ3v) is 5.13. The highest BCUT2D eigenvalue weighted by molar-refractivity contribution is 8.02.